The van der Waals surface area contributed by atoms with Crippen LogP contribution in [0.2, 0.25) is 5.02 Å². The van der Waals surface area contributed by atoms with Crippen LogP contribution in [0.15, 0.2) is 41.5 Å². The number of nitrogens with zero attached hydrogens (tertiary/aromatic N) is 1. The molecule has 2 amide bonds. The summed E-state index contributed by atoms with van der Waals surface area (Å²) in [6, 6.07) is 3.13. The van der Waals surface area contributed by atoms with Crippen LogP contribution in [0.1, 0.15) is 19.4 Å². The number of hydrogen-bond donors (Lipinski definition) is 0. The molecule has 0 radical (unpaired) electrons. The summed E-state index contributed by atoms with van der Waals surface area (Å²) in [5.41, 5.74) is 1.04. The van der Waals surface area contributed by atoms with Gasteiger partial charge in [0.2, 0.25) is 11.8 Å². The van der Waals surface area contributed by atoms with E-state index in [1.807, 2.05) is 26.0 Å². The van der Waals surface area contributed by atoms with Crippen LogP contribution < -0.4 is 4.90 Å². The zero-order chi connectivity index (χ0) is 19.0. The second-order valence-electron chi connectivity index (χ2n) is 7.12. The molecule has 1 heterocycles. The first-order chi connectivity index (χ1) is 12.1. The third-order valence-corrected chi connectivity index (χ3v) is 5.84. The summed E-state index contributed by atoms with van der Waals surface area (Å²) in [4.78, 5) is 26.8. The van der Waals surface area contributed by atoms with Crippen molar-refractivity contribution in [1.29, 1.82) is 0 Å². The lowest BCUT2D eigenvalue weighted by Crippen LogP contribution is -2.33. The molecule has 2 bridgehead atoms. The van der Waals surface area contributed by atoms with E-state index in [0.29, 0.717) is 0 Å². The maximum atomic E-state index is 13.1. The molecule has 1 aliphatic heterocycles. The molecule has 7 heteroatoms. The Morgan fingerprint density at radius 1 is 1.04 bits per heavy atom. The van der Waals surface area contributed by atoms with Crippen molar-refractivity contribution in [2.45, 2.75) is 20.0 Å². The Kier molecular flexibility index (Phi) is 3.64. The molecule has 2 fully saturated rings. The summed E-state index contributed by atoms with van der Waals surface area (Å²) in [5.74, 6) is -2.24. The summed E-state index contributed by atoms with van der Waals surface area (Å²) in [6.45, 7) is 3.90. The Balaban J connectivity index is 1.76. The van der Waals surface area contributed by atoms with Gasteiger partial charge in [-0.15, -0.1) is 0 Å². The highest BCUT2D eigenvalue weighted by Gasteiger charge is 2.62. The highest BCUT2D eigenvalue weighted by molar-refractivity contribution is 6.31. The van der Waals surface area contributed by atoms with Gasteiger partial charge < -0.3 is 0 Å². The molecule has 1 aromatic rings. The predicted molar refractivity (Wildman–Crippen MR) is 90.4 cm³/mol. The fourth-order valence-corrected chi connectivity index (χ4v) is 4.78. The van der Waals surface area contributed by atoms with Gasteiger partial charge in [0.25, 0.3) is 0 Å². The molecule has 4 rings (SSSR count). The SMILES string of the molecule is CC(C)=C1[C@H]2C=C[C@H]1[C@H]1C(=O)N(c3ccc(Cl)c(C(F)(F)F)c3)C(=O)[C@H]12. The van der Waals surface area contributed by atoms with Gasteiger partial charge in [-0.2, -0.15) is 13.2 Å². The van der Waals surface area contributed by atoms with Crippen molar-refractivity contribution in [3.8, 4) is 0 Å². The van der Waals surface area contributed by atoms with Crippen molar-refractivity contribution in [1.82, 2.24) is 0 Å². The number of halogens is 4. The Hall–Kier alpha value is -2.08. The lowest BCUT2D eigenvalue weighted by Gasteiger charge is -2.20. The predicted octanol–water partition coefficient (Wildman–Crippen LogP) is 4.62. The van der Waals surface area contributed by atoms with Gasteiger partial charge in [-0.25, -0.2) is 4.90 Å². The first kappa shape index (κ1) is 17.3. The van der Waals surface area contributed by atoms with Crippen LogP contribution in [0.4, 0.5) is 18.9 Å². The summed E-state index contributed by atoms with van der Waals surface area (Å²) in [6.07, 6.45) is -0.789. The number of imide groups is 1. The number of carbonyl (C=O) groups excluding carboxylic acids is 2. The van der Waals surface area contributed by atoms with E-state index in [-0.39, 0.29) is 17.5 Å². The van der Waals surface area contributed by atoms with E-state index in [0.717, 1.165) is 28.2 Å². The number of carbonyl (C=O) groups is 2. The monoisotopic (exact) mass is 381 g/mol. The smallest absolute Gasteiger partial charge is 0.274 e. The fraction of sp³-hybridized carbons (Fsp3) is 0.368. The quantitative estimate of drug-likeness (QED) is 0.526. The number of hydrogen-bond acceptors (Lipinski definition) is 2. The van der Waals surface area contributed by atoms with Crippen LogP contribution in [0.25, 0.3) is 0 Å². The van der Waals surface area contributed by atoms with Gasteiger partial charge in [0.1, 0.15) is 0 Å². The van der Waals surface area contributed by atoms with Gasteiger partial charge in [0, 0.05) is 11.8 Å². The van der Waals surface area contributed by atoms with Crippen molar-refractivity contribution in [2.24, 2.45) is 23.7 Å². The highest BCUT2D eigenvalue weighted by atomic mass is 35.5. The van der Waals surface area contributed by atoms with Crippen LogP contribution in [0.3, 0.4) is 0 Å². The van der Waals surface area contributed by atoms with E-state index >= 15 is 0 Å². The average Bonchev–Trinajstić information content (AvgIpc) is 3.17. The molecule has 2 aliphatic carbocycles. The Morgan fingerprint density at radius 3 is 2.04 bits per heavy atom. The number of benzene rings is 1. The Morgan fingerprint density at radius 2 is 1.58 bits per heavy atom. The molecule has 1 saturated heterocycles. The van der Waals surface area contributed by atoms with Gasteiger partial charge in [-0.1, -0.05) is 34.9 Å². The molecule has 4 atom stereocenters. The molecule has 0 N–H and O–H groups in total. The van der Waals surface area contributed by atoms with Crippen molar-refractivity contribution >= 4 is 29.1 Å². The maximum absolute atomic E-state index is 13.1. The molecule has 26 heavy (non-hydrogen) atoms. The van der Waals surface area contributed by atoms with Crippen molar-refractivity contribution in [3.05, 3.63) is 52.1 Å². The second kappa shape index (κ2) is 5.46. The van der Waals surface area contributed by atoms with Gasteiger partial charge in [0.05, 0.1) is 28.1 Å². The zero-order valence-electron chi connectivity index (χ0n) is 14.0. The van der Waals surface area contributed by atoms with Crippen LogP contribution in [0, 0.1) is 23.7 Å². The molecule has 0 unspecified atom stereocenters. The first-order valence-corrected chi connectivity index (χ1v) is 8.61. The van der Waals surface area contributed by atoms with E-state index in [4.69, 9.17) is 11.6 Å². The number of allylic oxidation sites excluding steroid dienone is 4. The first-order valence-electron chi connectivity index (χ1n) is 8.23. The average molecular weight is 382 g/mol. The molecule has 3 aliphatic rings. The van der Waals surface area contributed by atoms with Gasteiger partial charge in [-0.3, -0.25) is 9.59 Å². The van der Waals surface area contributed by atoms with Crippen LogP contribution >= 0.6 is 11.6 Å². The minimum Gasteiger partial charge on any atom is -0.274 e. The zero-order valence-corrected chi connectivity index (χ0v) is 14.7. The molecular weight excluding hydrogens is 367 g/mol. The standard InChI is InChI=1S/C19H15ClF3NO2/c1-8(2)14-10-4-5-11(14)16-15(10)17(25)24(18(16)26)9-3-6-13(20)12(7-9)19(21,22)23/h3-7,10-11,15-16H,1-2H3/t10-,11-,15-,16+/m1/s1. The molecule has 1 aromatic carbocycles. The normalized spacial score (nSPS) is 29.8. The number of anilines is 1. The topological polar surface area (TPSA) is 37.4 Å². The highest BCUT2D eigenvalue weighted by Crippen LogP contribution is 2.57. The van der Waals surface area contributed by atoms with E-state index in [1.165, 1.54) is 6.07 Å². The lowest BCUT2D eigenvalue weighted by atomic mass is 9.85. The molecule has 136 valence electrons. The van der Waals surface area contributed by atoms with Gasteiger partial charge in [0.15, 0.2) is 0 Å². The van der Waals surface area contributed by atoms with E-state index < -0.39 is 40.4 Å². The van der Waals surface area contributed by atoms with Crippen LogP contribution in [-0.2, 0) is 15.8 Å². The molecular formula is C19H15ClF3NO2. The number of amides is 2. The third-order valence-electron chi connectivity index (χ3n) is 5.51. The Labute approximate surface area is 153 Å². The summed E-state index contributed by atoms with van der Waals surface area (Å²) in [5, 5.41) is -0.464. The molecule has 0 aromatic heterocycles. The van der Waals surface area contributed by atoms with Crippen LogP contribution in [-0.4, -0.2) is 11.8 Å². The minimum atomic E-state index is -4.66. The summed E-state index contributed by atoms with van der Waals surface area (Å²) in [7, 11) is 0. The molecule has 0 spiro atoms. The van der Waals surface area contributed by atoms with Gasteiger partial charge >= 0.3 is 6.18 Å². The largest absolute Gasteiger partial charge is 0.417 e. The van der Waals surface area contributed by atoms with Gasteiger partial charge in [-0.05, 0) is 32.0 Å². The summed E-state index contributed by atoms with van der Waals surface area (Å²) >= 11 is 5.64. The number of alkyl halides is 3. The van der Waals surface area contributed by atoms with Crippen molar-refractivity contribution in [3.63, 3.8) is 0 Å². The van der Waals surface area contributed by atoms with Crippen molar-refractivity contribution < 1.29 is 22.8 Å². The molecule has 3 nitrogen and oxygen atoms in total. The second-order valence-corrected chi connectivity index (χ2v) is 7.52. The third kappa shape index (κ3) is 2.21. The minimum absolute atomic E-state index is 0.0794. The fourth-order valence-electron chi connectivity index (χ4n) is 4.55. The Bertz CT molecular complexity index is 865. The summed E-state index contributed by atoms with van der Waals surface area (Å²) < 4.78 is 39.4. The van der Waals surface area contributed by atoms with Crippen molar-refractivity contribution in [2.75, 3.05) is 4.90 Å². The van der Waals surface area contributed by atoms with E-state index in [2.05, 4.69) is 0 Å². The molecule has 1 saturated carbocycles. The van der Waals surface area contributed by atoms with E-state index in [9.17, 15) is 22.8 Å². The van der Waals surface area contributed by atoms with E-state index in [1.54, 1.807) is 0 Å². The van der Waals surface area contributed by atoms with Crippen LogP contribution in [0.5, 0.6) is 0 Å². The lowest BCUT2D eigenvalue weighted by molar-refractivity contribution is -0.137. The maximum Gasteiger partial charge on any atom is 0.417 e. The number of rotatable bonds is 1. The number of fused-ring (bicyclic) bond motifs is 5.